The zero-order valence-electron chi connectivity index (χ0n) is 23.5. The Hall–Kier alpha value is -4.08. The minimum absolute atomic E-state index is 0.0620. The molecule has 1 aliphatic heterocycles. The molecule has 9 nitrogen and oxygen atoms in total. The zero-order chi connectivity index (χ0) is 28.2. The van der Waals surface area contributed by atoms with E-state index in [0.717, 1.165) is 30.9 Å². The smallest absolute Gasteiger partial charge is 0.280 e. The summed E-state index contributed by atoms with van der Waals surface area (Å²) in [5.41, 5.74) is 6.26. The summed E-state index contributed by atoms with van der Waals surface area (Å²) in [7, 11) is 1.32. The molecule has 4 aromatic rings. The van der Waals surface area contributed by atoms with Crippen LogP contribution in [0.3, 0.4) is 0 Å². The number of hydrogen-bond acceptors (Lipinski definition) is 7. The number of hydroxylamine groups is 1. The van der Waals surface area contributed by atoms with Crippen LogP contribution in [0.1, 0.15) is 61.0 Å². The number of aromatic nitrogens is 3. The van der Waals surface area contributed by atoms with Gasteiger partial charge in [0.05, 0.1) is 12.5 Å². The lowest BCUT2D eigenvalue weighted by Gasteiger charge is -2.34. The van der Waals surface area contributed by atoms with Crippen LogP contribution < -0.4 is 16.2 Å². The fourth-order valence-corrected chi connectivity index (χ4v) is 5.29. The van der Waals surface area contributed by atoms with Crippen molar-refractivity contribution in [2.24, 2.45) is 0 Å². The number of aryl methyl sites for hydroxylation is 1. The standard InChI is InChI=1S/C31H36N6O3/c1-5-21-6-12-25(13-7-21)37-19-27(30(39)35-40-4)28(38)26-18-32-31(34-29(26)37)33-24-10-8-22(9-11-24)23-14-16-36(17-15-23)20(2)3/h6-13,18-20,23H,5,14-17H2,1-4H3,(H,35,39)(H,32,33,34). The maximum atomic E-state index is 13.2. The minimum atomic E-state index is -0.634. The molecule has 0 saturated carbocycles. The molecule has 2 N–H and O–H groups in total. The van der Waals surface area contributed by atoms with E-state index in [4.69, 9.17) is 9.82 Å². The number of nitrogens with one attached hydrogen (secondary N) is 2. The molecule has 1 aliphatic rings. The third-order valence-corrected chi connectivity index (χ3v) is 7.70. The Kier molecular flexibility index (Phi) is 8.23. The molecule has 1 fully saturated rings. The van der Waals surface area contributed by atoms with Gasteiger partial charge in [-0.3, -0.25) is 14.4 Å². The highest BCUT2D eigenvalue weighted by Gasteiger charge is 2.22. The average molecular weight is 541 g/mol. The van der Waals surface area contributed by atoms with Gasteiger partial charge < -0.3 is 14.8 Å². The largest absolute Gasteiger partial charge is 0.324 e. The van der Waals surface area contributed by atoms with Crippen LogP contribution in [0.25, 0.3) is 16.7 Å². The van der Waals surface area contributed by atoms with Crippen molar-refractivity contribution in [2.45, 2.75) is 52.0 Å². The maximum Gasteiger partial charge on any atom is 0.280 e. The predicted molar refractivity (Wildman–Crippen MR) is 157 cm³/mol. The topological polar surface area (TPSA) is 101 Å². The Balaban J connectivity index is 1.45. The zero-order valence-corrected chi connectivity index (χ0v) is 23.5. The van der Waals surface area contributed by atoms with Gasteiger partial charge in [0.1, 0.15) is 5.56 Å². The van der Waals surface area contributed by atoms with Gasteiger partial charge in [-0.2, -0.15) is 4.98 Å². The van der Waals surface area contributed by atoms with Crippen molar-refractivity contribution in [3.63, 3.8) is 0 Å². The first-order valence-corrected chi connectivity index (χ1v) is 13.8. The SMILES string of the molecule is CCc1ccc(-n2cc(C(=O)NOC)c(=O)c3cnc(Nc4ccc(C5CCN(C(C)C)CC5)cc4)nc32)cc1. The molecule has 2 aromatic heterocycles. The van der Waals surface area contributed by atoms with E-state index in [1.807, 2.05) is 36.4 Å². The molecule has 0 spiro atoms. The Morgan fingerprint density at radius 2 is 1.77 bits per heavy atom. The molecule has 3 heterocycles. The van der Waals surface area contributed by atoms with Crippen molar-refractivity contribution in [1.29, 1.82) is 0 Å². The summed E-state index contributed by atoms with van der Waals surface area (Å²) in [5.74, 6) is 0.294. The van der Waals surface area contributed by atoms with Crippen LogP contribution in [0.15, 0.2) is 65.7 Å². The molecular formula is C31H36N6O3. The van der Waals surface area contributed by atoms with Gasteiger partial charge >= 0.3 is 0 Å². The molecule has 1 saturated heterocycles. The lowest BCUT2D eigenvalue weighted by molar-refractivity contribution is 0.0536. The number of anilines is 2. The molecule has 0 aliphatic carbocycles. The van der Waals surface area contributed by atoms with E-state index in [1.54, 1.807) is 4.57 Å². The van der Waals surface area contributed by atoms with Gasteiger partial charge in [0.25, 0.3) is 5.91 Å². The van der Waals surface area contributed by atoms with Crippen LogP contribution in [0.5, 0.6) is 0 Å². The molecule has 0 unspecified atom stereocenters. The van der Waals surface area contributed by atoms with E-state index < -0.39 is 11.3 Å². The van der Waals surface area contributed by atoms with E-state index >= 15 is 0 Å². The van der Waals surface area contributed by atoms with Crippen LogP contribution in [0.4, 0.5) is 11.6 Å². The van der Waals surface area contributed by atoms with Crippen LogP contribution in [-0.4, -0.2) is 51.6 Å². The average Bonchev–Trinajstić information content (AvgIpc) is 2.98. The van der Waals surface area contributed by atoms with Gasteiger partial charge in [-0.25, -0.2) is 10.5 Å². The summed E-state index contributed by atoms with van der Waals surface area (Å²) in [6.07, 6.45) is 6.19. The van der Waals surface area contributed by atoms with Gasteiger partial charge in [-0.15, -0.1) is 0 Å². The van der Waals surface area contributed by atoms with Gasteiger partial charge in [0.2, 0.25) is 11.4 Å². The number of hydrogen-bond donors (Lipinski definition) is 2. The molecule has 9 heteroatoms. The number of likely N-dealkylation sites (tertiary alicyclic amines) is 1. The van der Waals surface area contributed by atoms with Crippen LogP contribution in [-0.2, 0) is 11.3 Å². The number of rotatable bonds is 8. The molecule has 2 aromatic carbocycles. The molecule has 0 atom stereocenters. The predicted octanol–water partition coefficient (Wildman–Crippen LogP) is 4.97. The minimum Gasteiger partial charge on any atom is -0.324 e. The van der Waals surface area contributed by atoms with Crippen LogP contribution in [0.2, 0.25) is 0 Å². The van der Waals surface area contributed by atoms with Gasteiger partial charge in [-0.05, 0) is 87.5 Å². The number of carbonyl (C=O) groups is 1. The Morgan fingerprint density at radius 1 is 1.07 bits per heavy atom. The molecule has 5 rings (SSSR count). The number of benzene rings is 2. The molecule has 0 bridgehead atoms. The lowest BCUT2D eigenvalue weighted by Crippen LogP contribution is -2.37. The summed E-state index contributed by atoms with van der Waals surface area (Å²) in [6.45, 7) is 8.86. The summed E-state index contributed by atoms with van der Waals surface area (Å²) >= 11 is 0. The number of piperidine rings is 1. The summed E-state index contributed by atoms with van der Waals surface area (Å²) in [6, 6.07) is 17.0. The number of nitrogens with zero attached hydrogens (tertiary/aromatic N) is 4. The van der Waals surface area contributed by atoms with E-state index in [2.05, 4.69) is 53.6 Å². The monoisotopic (exact) mass is 540 g/mol. The van der Waals surface area contributed by atoms with E-state index in [9.17, 15) is 9.59 Å². The number of fused-ring (bicyclic) bond motifs is 1. The fraction of sp³-hybridized carbons (Fsp3) is 0.355. The van der Waals surface area contributed by atoms with Gasteiger partial charge in [0.15, 0.2) is 5.65 Å². The highest BCUT2D eigenvalue weighted by molar-refractivity contribution is 5.96. The van der Waals surface area contributed by atoms with Gasteiger partial charge in [-0.1, -0.05) is 31.2 Å². The second-order valence-corrected chi connectivity index (χ2v) is 10.5. The molecule has 1 amide bonds. The van der Waals surface area contributed by atoms with Crippen LogP contribution >= 0.6 is 0 Å². The normalized spacial score (nSPS) is 14.5. The van der Waals surface area contributed by atoms with Gasteiger partial charge in [0, 0.05) is 29.8 Å². The van der Waals surface area contributed by atoms with E-state index in [1.165, 1.54) is 43.5 Å². The fourth-order valence-electron chi connectivity index (χ4n) is 5.29. The maximum absolute atomic E-state index is 13.2. The first-order valence-electron chi connectivity index (χ1n) is 13.8. The first-order chi connectivity index (χ1) is 19.4. The third kappa shape index (κ3) is 5.76. The first kappa shape index (κ1) is 27.5. The number of pyridine rings is 1. The third-order valence-electron chi connectivity index (χ3n) is 7.70. The highest BCUT2D eigenvalue weighted by atomic mass is 16.6. The Bertz CT molecular complexity index is 1540. The highest BCUT2D eigenvalue weighted by Crippen LogP contribution is 2.30. The summed E-state index contributed by atoms with van der Waals surface area (Å²) in [5, 5.41) is 3.51. The molecule has 40 heavy (non-hydrogen) atoms. The summed E-state index contributed by atoms with van der Waals surface area (Å²) in [4.78, 5) is 42.2. The quantitative estimate of drug-likeness (QED) is 0.305. The van der Waals surface area contributed by atoms with Crippen molar-refractivity contribution in [1.82, 2.24) is 24.9 Å². The molecular weight excluding hydrogens is 504 g/mol. The van der Waals surface area contributed by atoms with E-state index in [-0.39, 0.29) is 10.9 Å². The van der Waals surface area contributed by atoms with Crippen molar-refractivity contribution in [3.8, 4) is 5.69 Å². The molecule has 0 radical (unpaired) electrons. The Labute approximate surface area is 234 Å². The summed E-state index contributed by atoms with van der Waals surface area (Å²) < 4.78 is 1.74. The lowest BCUT2D eigenvalue weighted by atomic mass is 9.89. The number of carbonyl (C=O) groups excluding carboxylic acids is 1. The van der Waals surface area contributed by atoms with E-state index in [0.29, 0.717) is 23.6 Å². The van der Waals surface area contributed by atoms with Crippen molar-refractivity contribution in [2.75, 3.05) is 25.5 Å². The molecule has 208 valence electrons. The Morgan fingerprint density at radius 3 is 2.40 bits per heavy atom. The second-order valence-electron chi connectivity index (χ2n) is 10.5. The van der Waals surface area contributed by atoms with Crippen molar-refractivity contribution in [3.05, 3.63) is 87.8 Å². The second kappa shape index (κ2) is 12.0. The van der Waals surface area contributed by atoms with Crippen molar-refractivity contribution < 1.29 is 9.63 Å². The van der Waals surface area contributed by atoms with Crippen LogP contribution in [0, 0.1) is 0 Å². The van der Waals surface area contributed by atoms with Crippen molar-refractivity contribution >= 4 is 28.6 Å². The number of amides is 1.